The summed E-state index contributed by atoms with van der Waals surface area (Å²) in [4.78, 5) is 55.1. The third-order valence-corrected chi connectivity index (χ3v) is 4.57. The number of imidazole rings is 1. The first-order valence-corrected chi connectivity index (χ1v) is 10.6. The van der Waals surface area contributed by atoms with Crippen LogP contribution >= 0.6 is 0 Å². The molecule has 0 saturated carbocycles. The number of hydrogen-bond donors (Lipinski definition) is 6. The molecule has 0 aliphatic rings. The van der Waals surface area contributed by atoms with Crippen LogP contribution in [0.4, 0.5) is 0 Å². The van der Waals surface area contributed by atoms with Crippen molar-refractivity contribution in [2.45, 2.75) is 72.0 Å². The minimum Gasteiger partial charge on any atom is -0.493 e. The lowest BCUT2D eigenvalue weighted by atomic mass is 10.0. The first kappa shape index (κ1) is 26.7. The molecule has 32 heavy (non-hydrogen) atoms. The van der Waals surface area contributed by atoms with Crippen molar-refractivity contribution in [3.8, 4) is 5.88 Å². The van der Waals surface area contributed by atoms with Gasteiger partial charge in [0.15, 0.2) is 5.96 Å². The number of nitrogens with zero attached hydrogens (tertiary/aromatic N) is 2. The third-order valence-electron chi connectivity index (χ3n) is 4.57. The molecule has 1 rings (SSSR count). The van der Waals surface area contributed by atoms with E-state index in [9.17, 15) is 24.3 Å². The minimum absolute atomic E-state index is 0.0558. The molecule has 8 N–H and O–H groups in total. The number of ketones is 1. The van der Waals surface area contributed by atoms with Crippen LogP contribution in [0.2, 0.25) is 0 Å². The van der Waals surface area contributed by atoms with E-state index in [1.54, 1.807) is 0 Å². The van der Waals surface area contributed by atoms with Gasteiger partial charge in [0.2, 0.25) is 17.7 Å². The fourth-order valence-corrected chi connectivity index (χ4v) is 3.29. The number of Topliss-reactive ketones (excluding diaryl/α,β-unsaturated/α-hetero) is 1. The van der Waals surface area contributed by atoms with Crippen LogP contribution in [0.15, 0.2) is 9.79 Å². The first-order valence-electron chi connectivity index (χ1n) is 10.6. The molecule has 0 radical (unpaired) electrons. The fraction of sp³-hybridized carbons (Fsp3) is 0.650. The molecular formula is C20H35N7O5. The molecule has 0 bridgehead atoms. The van der Waals surface area contributed by atoms with Crippen molar-refractivity contribution in [2.75, 3.05) is 6.54 Å². The molecule has 1 unspecified atom stereocenters. The average Bonchev–Trinajstić information content (AvgIpc) is 2.91. The zero-order valence-corrected chi connectivity index (χ0v) is 19.1. The van der Waals surface area contributed by atoms with Crippen LogP contribution in [-0.2, 0) is 27.3 Å². The summed E-state index contributed by atoms with van der Waals surface area (Å²) in [7, 11) is 0. The second-order valence-electron chi connectivity index (χ2n) is 8.29. The topological polar surface area (TPSA) is 198 Å². The fourth-order valence-electron chi connectivity index (χ4n) is 3.29. The highest BCUT2D eigenvalue weighted by molar-refractivity contribution is 5.92. The molecule has 1 aromatic heterocycles. The maximum atomic E-state index is 12.6. The van der Waals surface area contributed by atoms with E-state index < -0.39 is 30.1 Å². The zero-order chi connectivity index (χ0) is 24.4. The van der Waals surface area contributed by atoms with Gasteiger partial charge in [0, 0.05) is 19.0 Å². The number of aliphatic imine (C=N–C) groups is 1. The van der Waals surface area contributed by atoms with E-state index in [1.165, 1.54) is 6.92 Å². The second kappa shape index (κ2) is 12.5. The van der Waals surface area contributed by atoms with E-state index in [4.69, 9.17) is 11.5 Å². The van der Waals surface area contributed by atoms with Gasteiger partial charge in [-0.15, -0.1) is 0 Å². The van der Waals surface area contributed by atoms with Gasteiger partial charge in [0.1, 0.15) is 18.4 Å². The Balaban J connectivity index is 2.81. The maximum absolute atomic E-state index is 12.6. The van der Waals surface area contributed by atoms with Crippen molar-refractivity contribution in [1.82, 2.24) is 20.2 Å². The Labute approximate surface area is 186 Å². The number of nitrogens with one attached hydrogen (secondary N) is 3. The molecule has 1 aromatic rings. The summed E-state index contributed by atoms with van der Waals surface area (Å²) in [5.74, 6) is -1.51. The highest BCUT2D eigenvalue weighted by Gasteiger charge is 2.25. The zero-order valence-electron chi connectivity index (χ0n) is 19.1. The van der Waals surface area contributed by atoms with Crippen molar-refractivity contribution in [3.63, 3.8) is 0 Å². The van der Waals surface area contributed by atoms with Crippen molar-refractivity contribution >= 4 is 23.6 Å². The Bertz CT molecular complexity index is 883. The average molecular weight is 454 g/mol. The van der Waals surface area contributed by atoms with Crippen LogP contribution in [0, 0.1) is 5.92 Å². The van der Waals surface area contributed by atoms with Crippen LogP contribution in [0.5, 0.6) is 5.88 Å². The van der Waals surface area contributed by atoms with Crippen LogP contribution in [0.3, 0.4) is 0 Å². The van der Waals surface area contributed by atoms with Gasteiger partial charge in [-0.05, 0) is 39.0 Å². The Morgan fingerprint density at radius 1 is 1.19 bits per heavy atom. The molecule has 0 saturated heterocycles. The van der Waals surface area contributed by atoms with Crippen molar-refractivity contribution < 1.29 is 19.5 Å². The number of guanidine groups is 1. The van der Waals surface area contributed by atoms with E-state index in [-0.39, 0.29) is 42.2 Å². The van der Waals surface area contributed by atoms with Gasteiger partial charge in [-0.3, -0.25) is 23.9 Å². The summed E-state index contributed by atoms with van der Waals surface area (Å²) >= 11 is 0. The molecule has 12 nitrogen and oxygen atoms in total. The Morgan fingerprint density at radius 2 is 1.84 bits per heavy atom. The molecule has 2 atom stereocenters. The number of carbonyl (C=O) groups excluding carboxylic acids is 3. The van der Waals surface area contributed by atoms with Gasteiger partial charge < -0.3 is 32.2 Å². The lowest BCUT2D eigenvalue weighted by Crippen LogP contribution is -2.50. The number of aromatic nitrogens is 2. The highest BCUT2D eigenvalue weighted by atomic mass is 16.3. The quantitative estimate of drug-likeness (QED) is 0.126. The Kier molecular flexibility index (Phi) is 10.5. The monoisotopic (exact) mass is 453 g/mol. The van der Waals surface area contributed by atoms with E-state index >= 15 is 0 Å². The molecule has 1 heterocycles. The second-order valence-corrected chi connectivity index (χ2v) is 8.29. The molecule has 2 amide bonds. The van der Waals surface area contributed by atoms with Gasteiger partial charge in [-0.1, -0.05) is 13.8 Å². The molecular weight excluding hydrogens is 418 g/mol. The van der Waals surface area contributed by atoms with Crippen LogP contribution in [0.1, 0.15) is 52.7 Å². The summed E-state index contributed by atoms with van der Waals surface area (Å²) in [5, 5.41) is 15.6. The largest absolute Gasteiger partial charge is 0.493 e. The van der Waals surface area contributed by atoms with Crippen LogP contribution < -0.4 is 27.8 Å². The van der Waals surface area contributed by atoms with Gasteiger partial charge in [0.05, 0.1) is 5.69 Å². The third kappa shape index (κ3) is 9.23. The van der Waals surface area contributed by atoms with Crippen molar-refractivity contribution in [3.05, 3.63) is 16.2 Å². The standard InChI is InChI=1S/C20H35N7O5/c1-11(2)8-12(3)24-17(30)15(9-13(4)28)25-16(29)10-27-18(31)14(26-20(27)32)6-5-7-23-19(21)22/h11-12,15,31H,5-10H2,1-4H3,(H,24,30)(H,25,29)(H,26,32)(H4,21,22,23)/t12?,15-/m0/s1. The maximum Gasteiger partial charge on any atom is 0.329 e. The summed E-state index contributed by atoms with van der Waals surface area (Å²) in [5.41, 5.74) is 10.1. The summed E-state index contributed by atoms with van der Waals surface area (Å²) < 4.78 is 0.856. The number of amides is 2. The molecule has 12 heteroatoms. The van der Waals surface area contributed by atoms with Crippen LogP contribution in [0.25, 0.3) is 0 Å². The molecule has 0 aliphatic heterocycles. The summed E-state index contributed by atoms with van der Waals surface area (Å²) in [6, 6.07) is -1.21. The van der Waals surface area contributed by atoms with Gasteiger partial charge >= 0.3 is 5.69 Å². The van der Waals surface area contributed by atoms with Crippen molar-refractivity contribution in [2.24, 2.45) is 22.4 Å². The number of aryl methyl sites for hydroxylation is 1. The number of H-pyrrole nitrogens is 1. The number of rotatable bonds is 13. The van der Waals surface area contributed by atoms with Gasteiger partial charge in [-0.2, -0.15) is 0 Å². The normalized spacial score (nSPS) is 12.8. The van der Waals surface area contributed by atoms with Crippen molar-refractivity contribution in [1.29, 1.82) is 0 Å². The Hall–Kier alpha value is -3.31. The number of carbonyl (C=O) groups is 3. The smallest absolute Gasteiger partial charge is 0.329 e. The number of aromatic hydroxyl groups is 1. The molecule has 180 valence electrons. The number of hydrogen-bond acceptors (Lipinski definition) is 6. The van der Waals surface area contributed by atoms with E-state index in [1.807, 2.05) is 20.8 Å². The van der Waals surface area contributed by atoms with Gasteiger partial charge in [-0.25, -0.2) is 4.79 Å². The van der Waals surface area contributed by atoms with E-state index in [2.05, 4.69) is 20.6 Å². The number of aromatic amines is 1. The predicted molar refractivity (Wildman–Crippen MR) is 120 cm³/mol. The first-order chi connectivity index (χ1) is 14.9. The molecule has 0 aliphatic carbocycles. The van der Waals surface area contributed by atoms with E-state index in [0.29, 0.717) is 18.9 Å². The predicted octanol–water partition coefficient (Wildman–Crippen LogP) is -0.897. The number of nitrogens with two attached hydrogens (primary N) is 2. The lowest BCUT2D eigenvalue weighted by Gasteiger charge is -2.21. The molecule has 0 aromatic carbocycles. The summed E-state index contributed by atoms with van der Waals surface area (Å²) in [6.07, 6.45) is 1.31. The summed E-state index contributed by atoms with van der Waals surface area (Å²) in [6.45, 7) is 7.00. The lowest BCUT2D eigenvalue weighted by molar-refractivity contribution is -0.131. The van der Waals surface area contributed by atoms with Crippen LogP contribution in [-0.4, -0.2) is 56.8 Å². The molecule has 0 fully saturated rings. The minimum atomic E-state index is -1.08. The molecule has 0 spiro atoms. The Morgan fingerprint density at radius 3 is 2.41 bits per heavy atom. The SMILES string of the molecule is CC(=O)C[C@H](NC(=O)Cn1c(O)c(CCCN=C(N)N)[nH]c1=O)C(=O)NC(C)CC(C)C. The van der Waals surface area contributed by atoms with E-state index in [0.717, 1.165) is 11.0 Å². The van der Waals surface area contributed by atoms with Gasteiger partial charge in [0.25, 0.3) is 0 Å². The highest BCUT2D eigenvalue weighted by Crippen LogP contribution is 2.14.